The molecule has 0 atom stereocenters. The highest BCUT2D eigenvalue weighted by Crippen LogP contribution is 2.16. The fraction of sp³-hybridized carbons (Fsp3) is 0.200. The monoisotopic (exact) mass is 286 g/mol. The topological polar surface area (TPSA) is 96.2 Å². The van der Waals surface area contributed by atoms with Gasteiger partial charge in [-0.05, 0) is 12.5 Å². The quantitative estimate of drug-likeness (QED) is 0.588. The van der Waals surface area contributed by atoms with Gasteiger partial charge in [-0.1, -0.05) is 30.3 Å². The maximum Gasteiger partial charge on any atom is 0.252 e. The van der Waals surface area contributed by atoms with E-state index in [4.69, 9.17) is 5.73 Å². The number of rotatable bonds is 4. The van der Waals surface area contributed by atoms with E-state index in [9.17, 15) is 9.59 Å². The Kier molecular flexibility index (Phi) is 4.73. The summed E-state index contributed by atoms with van der Waals surface area (Å²) in [6.07, 6.45) is 1.45. The second-order valence-electron chi connectivity index (χ2n) is 4.46. The van der Waals surface area contributed by atoms with E-state index in [1.807, 2.05) is 37.3 Å². The Morgan fingerprint density at radius 2 is 1.95 bits per heavy atom. The van der Waals surface area contributed by atoms with Gasteiger partial charge in [0.05, 0.1) is 11.3 Å². The van der Waals surface area contributed by atoms with Crippen LogP contribution >= 0.6 is 0 Å². The summed E-state index contributed by atoms with van der Waals surface area (Å²) in [5.74, 6) is -0.259. The molecule has 0 unspecified atom stereocenters. The van der Waals surface area contributed by atoms with E-state index in [-0.39, 0.29) is 18.4 Å². The van der Waals surface area contributed by atoms with Crippen molar-refractivity contribution in [3.05, 3.63) is 53.4 Å². The summed E-state index contributed by atoms with van der Waals surface area (Å²) >= 11 is 0. The van der Waals surface area contributed by atoms with Crippen LogP contribution in [-0.4, -0.2) is 24.9 Å². The zero-order valence-corrected chi connectivity index (χ0v) is 11.8. The molecular weight excluding hydrogens is 268 g/mol. The number of carbonyl (C=O) groups excluding carboxylic acids is 2. The maximum absolute atomic E-state index is 12.0. The maximum atomic E-state index is 12.0. The van der Waals surface area contributed by atoms with Gasteiger partial charge in [-0.25, -0.2) is 0 Å². The van der Waals surface area contributed by atoms with Crippen molar-refractivity contribution in [3.63, 3.8) is 0 Å². The highest BCUT2D eigenvalue weighted by atomic mass is 16.2. The fourth-order valence-corrected chi connectivity index (χ4v) is 1.99. The van der Waals surface area contributed by atoms with Crippen LogP contribution in [0.1, 0.15) is 12.5 Å². The van der Waals surface area contributed by atoms with Crippen molar-refractivity contribution in [2.24, 2.45) is 5.73 Å². The Bertz CT molecular complexity index is 605. The molecule has 0 bridgehead atoms. The molecule has 1 aromatic rings. The molecule has 1 aliphatic rings. The van der Waals surface area contributed by atoms with Gasteiger partial charge in [0.1, 0.15) is 5.82 Å². The number of hydrogen-bond acceptors (Lipinski definition) is 4. The van der Waals surface area contributed by atoms with Crippen LogP contribution in [0.5, 0.6) is 0 Å². The number of nitrogens with one attached hydrogen (secondary N) is 3. The zero-order valence-electron chi connectivity index (χ0n) is 11.8. The summed E-state index contributed by atoms with van der Waals surface area (Å²) < 4.78 is 0. The summed E-state index contributed by atoms with van der Waals surface area (Å²) in [7, 11) is 0. The smallest absolute Gasteiger partial charge is 0.252 e. The molecule has 1 heterocycles. The lowest BCUT2D eigenvalue weighted by molar-refractivity contribution is -0.117. The molecule has 0 saturated heterocycles. The van der Waals surface area contributed by atoms with Crippen molar-refractivity contribution in [2.45, 2.75) is 6.92 Å². The molecule has 5 N–H and O–H groups in total. The van der Waals surface area contributed by atoms with Gasteiger partial charge < -0.3 is 21.7 Å². The predicted molar refractivity (Wildman–Crippen MR) is 80.5 cm³/mol. The van der Waals surface area contributed by atoms with Crippen LogP contribution in [0, 0.1) is 0 Å². The van der Waals surface area contributed by atoms with Gasteiger partial charge in [0.25, 0.3) is 11.8 Å². The molecule has 110 valence electrons. The summed E-state index contributed by atoms with van der Waals surface area (Å²) in [5.41, 5.74) is 7.43. The molecule has 0 fully saturated rings. The Morgan fingerprint density at radius 1 is 1.24 bits per heavy atom. The van der Waals surface area contributed by atoms with Crippen molar-refractivity contribution in [2.75, 3.05) is 13.1 Å². The van der Waals surface area contributed by atoms with Crippen molar-refractivity contribution < 1.29 is 9.59 Å². The van der Waals surface area contributed by atoms with E-state index in [0.717, 1.165) is 5.56 Å². The van der Waals surface area contributed by atoms with Gasteiger partial charge >= 0.3 is 0 Å². The minimum Gasteiger partial charge on any atom is -0.352 e. The minimum atomic E-state index is -0.294. The van der Waals surface area contributed by atoms with Crippen molar-refractivity contribution in [3.8, 4) is 0 Å². The molecule has 1 aromatic carbocycles. The average molecular weight is 286 g/mol. The number of carbonyl (C=O) groups is 2. The minimum absolute atomic E-state index is 0.0243. The Labute approximate surface area is 123 Å². The lowest BCUT2D eigenvalue weighted by Crippen LogP contribution is -2.40. The normalized spacial score (nSPS) is 16.5. The molecule has 21 heavy (non-hydrogen) atoms. The number of benzene rings is 1. The largest absolute Gasteiger partial charge is 0.352 e. The molecule has 1 aliphatic heterocycles. The van der Waals surface area contributed by atoms with Gasteiger partial charge in [0.2, 0.25) is 0 Å². The van der Waals surface area contributed by atoms with E-state index >= 15 is 0 Å². The molecule has 2 rings (SSSR count). The molecule has 6 nitrogen and oxygen atoms in total. The van der Waals surface area contributed by atoms with Gasteiger partial charge in [-0.15, -0.1) is 0 Å². The Balaban J connectivity index is 2.34. The van der Waals surface area contributed by atoms with E-state index in [0.29, 0.717) is 23.6 Å². The third-order valence-electron chi connectivity index (χ3n) is 2.99. The lowest BCUT2D eigenvalue weighted by atomic mass is 10.1. The molecule has 0 radical (unpaired) electrons. The third kappa shape index (κ3) is 3.49. The standard InChI is InChI=1S/C15H18N4O2/c1-2-17-15(21)11(9-16)14-18-12(8-13(20)19-14)10-6-4-3-5-7-10/h3-8,18H,2,9,16H2,1H3,(H,17,21)(H,19,20)/b14-11+. The van der Waals surface area contributed by atoms with Gasteiger partial charge in [-0.2, -0.15) is 0 Å². The van der Waals surface area contributed by atoms with Gasteiger partial charge in [-0.3, -0.25) is 9.59 Å². The number of likely N-dealkylation sites (N-methyl/N-ethyl adjacent to an activating group) is 1. The summed E-state index contributed by atoms with van der Waals surface area (Å²) in [5, 5.41) is 8.35. The van der Waals surface area contributed by atoms with Crippen LogP contribution in [0.4, 0.5) is 0 Å². The highest BCUT2D eigenvalue weighted by Gasteiger charge is 2.20. The third-order valence-corrected chi connectivity index (χ3v) is 2.99. The van der Waals surface area contributed by atoms with Crippen LogP contribution in [-0.2, 0) is 9.59 Å². The molecule has 2 amide bonds. The second kappa shape index (κ2) is 6.71. The molecule has 0 saturated carbocycles. The lowest BCUT2D eigenvalue weighted by Gasteiger charge is -2.22. The summed E-state index contributed by atoms with van der Waals surface area (Å²) in [6.45, 7) is 2.33. The van der Waals surface area contributed by atoms with Crippen molar-refractivity contribution in [1.82, 2.24) is 16.0 Å². The summed E-state index contributed by atoms with van der Waals surface area (Å²) in [4.78, 5) is 23.8. The molecule has 0 aromatic heterocycles. The van der Waals surface area contributed by atoms with Crippen molar-refractivity contribution in [1.29, 1.82) is 0 Å². The van der Waals surface area contributed by atoms with Crippen LogP contribution in [0.2, 0.25) is 0 Å². The van der Waals surface area contributed by atoms with E-state index in [1.54, 1.807) is 0 Å². The SMILES string of the molecule is CCNC(=O)/C(CN)=C1/NC(=O)C=C(c2ccccc2)N1. The van der Waals surface area contributed by atoms with Gasteiger partial charge in [0, 0.05) is 19.2 Å². The second-order valence-corrected chi connectivity index (χ2v) is 4.46. The first kappa shape index (κ1) is 14.8. The van der Waals surface area contributed by atoms with E-state index in [2.05, 4.69) is 16.0 Å². The molecule has 0 spiro atoms. The first-order chi connectivity index (χ1) is 10.2. The number of hydrogen-bond donors (Lipinski definition) is 4. The summed E-state index contributed by atoms with van der Waals surface area (Å²) in [6, 6.07) is 9.40. The first-order valence-electron chi connectivity index (χ1n) is 6.72. The predicted octanol–water partition coefficient (Wildman–Crippen LogP) is 0.0533. The Hall–Kier alpha value is -2.60. The van der Waals surface area contributed by atoms with Crippen LogP contribution in [0.3, 0.4) is 0 Å². The zero-order chi connectivity index (χ0) is 15.2. The van der Waals surface area contributed by atoms with Crippen LogP contribution < -0.4 is 21.7 Å². The first-order valence-corrected chi connectivity index (χ1v) is 6.72. The molecule has 6 heteroatoms. The number of nitrogens with two attached hydrogens (primary N) is 1. The molecule has 0 aliphatic carbocycles. The van der Waals surface area contributed by atoms with E-state index < -0.39 is 0 Å². The van der Waals surface area contributed by atoms with Crippen molar-refractivity contribution >= 4 is 17.5 Å². The number of amides is 2. The highest BCUT2D eigenvalue weighted by molar-refractivity contribution is 6.01. The Morgan fingerprint density at radius 3 is 2.57 bits per heavy atom. The van der Waals surface area contributed by atoms with Crippen LogP contribution in [0.25, 0.3) is 5.70 Å². The fourth-order valence-electron chi connectivity index (χ4n) is 1.99. The average Bonchev–Trinajstić information content (AvgIpc) is 2.48. The van der Waals surface area contributed by atoms with Gasteiger partial charge in [0.15, 0.2) is 0 Å². The molecular formula is C15H18N4O2. The van der Waals surface area contributed by atoms with Crippen LogP contribution in [0.15, 0.2) is 47.8 Å². The van der Waals surface area contributed by atoms with E-state index in [1.165, 1.54) is 6.08 Å².